The Balaban J connectivity index is 1.63. The van der Waals surface area contributed by atoms with E-state index in [1.165, 1.54) is 0 Å². The van der Waals surface area contributed by atoms with Gasteiger partial charge in [0.25, 0.3) is 5.91 Å². The van der Waals surface area contributed by atoms with Crippen LogP contribution in [0.25, 0.3) is 11.3 Å². The Bertz CT molecular complexity index is 988. The molecule has 3 heterocycles. The summed E-state index contributed by atoms with van der Waals surface area (Å²) in [6, 6.07) is 12.0. The largest absolute Gasteiger partial charge is 0.328 e. The Morgan fingerprint density at radius 2 is 1.96 bits per heavy atom. The lowest BCUT2D eigenvalue weighted by Gasteiger charge is -2.35. The molecule has 1 atom stereocenters. The van der Waals surface area contributed by atoms with Crippen LogP contribution in [-0.4, -0.2) is 41.9 Å². The van der Waals surface area contributed by atoms with Gasteiger partial charge in [-0.2, -0.15) is 5.10 Å². The molecule has 0 N–H and O–H groups in total. The first-order valence-corrected chi connectivity index (χ1v) is 9.73. The number of amides is 1. The highest BCUT2D eigenvalue weighted by Gasteiger charge is 2.32. The molecule has 0 radical (unpaired) electrons. The van der Waals surface area contributed by atoms with Gasteiger partial charge in [-0.1, -0.05) is 44.2 Å². The van der Waals surface area contributed by atoms with E-state index in [1.807, 2.05) is 55.3 Å². The number of hydrogen-bond acceptors (Lipinski definition) is 4. The molecule has 1 aliphatic rings. The summed E-state index contributed by atoms with van der Waals surface area (Å²) in [5, 5.41) is 13.1. The van der Waals surface area contributed by atoms with Crippen LogP contribution in [0.5, 0.6) is 0 Å². The fraction of sp³-hybridized carbons (Fsp3) is 0.429. The SMILES string of the molecule is Cc1nnc2n1[C@@H](CC(C)C)CN(C(=O)c1cc(-c3ccccc3)nn1C)C2. The average molecular weight is 378 g/mol. The maximum atomic E-state index is 13.3. The van der Waals surface area contributed by atoms with Crippen molar-refractivity contribution >= 4 is 5.91 Å². The Morgan fingerprint density at radius 1 is 1.21 bits per heavy atom. The molecule has 3 aromatic rings. The first-order valence-electron chi connectivity index (χ1n) is 9.73. The third-order valence-corrected chi connectivity index (χ3v) is 5.26. The molecule has 0 saturated carbocycles. The van der Waals surface area contributed by atoms with E-state index in [2.05, 4.69) is 33.7 Å². The molecular weight excluding hydrogens is 352 g/mol. The minimum atomic E-state index is -0.0159. The predicted molar refractivity (Wildman–Crippen MR) is 107 cm³/mol. The van der Waals surface area contributed by atoms with Crippen LogP contribution < -0.4 is 0 Å². The van der Waals surface area contributed by atoms with E-state index < -0.39 is 0 Å². The van der Waals surface area contributed by atoms with E-state index >= 15 is 0 Å². The lowest BCUT2D eigenvalue weighted by atomic mass is 10.0. The Labute approximate surface area is 165 Å². The predicted octanol–water partition coefficient (Wildman–Crippen LogP) is 3.23. The van der Waals surface area contributed by atoms with Gasteiger partial charge >= 0.3 is 0 Å². The molecule has 0 spiro atoms. The molecule has 7 heteroatoms. The number of nitrogens with zero attached hydrogens (tertiary/aromatic N) is 6. The van der Waals surface area contributed by atoms with Crippen LogP contribution >= 0.6 is 0 Å². The zero-order valence-corrected chi connectivity index (χ0v) is 16.8. The van der Waals surface area contributed by atoms with Crippen molar-refractivity contribution in [1.29, 1.82) is 0 Å². The summed E-state index contributed by atoms with van der Waals surface area (Å²) in [5.74, 6) is 2.28. The van der Waals surface area contributed by atoms with Gasteiger partial charge in [0.15, 0.2) is 5.82 Å². The second kappa shape index (κ2) is 7.22. The monoisotopic (exact) mass is 378 g/mol. The van der Waals surface area contributed by atoms with Crippen LogP contribution in [-0.2, 0) is 13.6 Å². The second-order valence-corrected chi connectivity index (χ2v) is 7.91. The molecule has 0 unspecified atom stereocenters. The molecule has 1 amide bonds. The van der Waals surface area contributed by atoms with E-state index in [9.17, 15) is 4.79 Å². The zero-order valence-electron chi connectivity index (χ0n) is 16.8. The number of aryl methyl sites for hydroxylation is 2. The van der Waals surface area contributed by atoms with Gasteiger partial charge in [-0.25, -0.2) is 0 Å². The quantitative estimate of drug-likeness (QED) is 0.699. The summed E-state index contributed by atoms with van der Waals surface area (Å²) in [6.45, 7) is 7.52. The average Bonchev–Trinajstić information content (AvgIpc) is 3.24. The molecule has 146 valence electrons. The molecule has 0 saturated heterocycles. The molecule has 0 bridgehead atoms. The number of carbonyl (C=O) groups is 1. The maximum absolute atomic E-state index is 13.3. The van der Waals surface area contributed by atoms with E-state index in [0.29, 0.717) is 24.7 Å². The molecule has 2 aromatic heterocycles. The topological polar surface area (TPSA) is 68.8 Å². The van der Waals surface area contributed by atoms with Crippen LogP contribution in [0.4, 0.5) is 0 Å². The van der Waals surface area contributed by atoms with E-state index in [0.717, 1.165) is 29.3 Å². The maximum Gasteiger partial charge on any atom is 0.272 e. The zero-order chi connectivity index (χ0) is 19.8. The van der Waals surface area contributed by atoms with Gasteiger partial charge in [0.05, 0.1) is 18.3 Å². The first-order chi connectivity index (χ1) is 13.4. The van der Waals surface area contributed by atoms with Gasteiger partial charge < -0.3 is 9.47 Å². The first kappa shape index (κ1) is 18.4. The van der Waals surface area contributed by atoms with E-state index in [1.54, 1.807) is 4.68 Å². The molecule has 7 nitrogen and oxygen atoms in total. The Hall–Kier alpha value is -2.96. The molecule has 1 aliphatic heterocycles. The minimum absolute atomic E-state index is 0.0159. The molecule has 0 fully saturated rings. The van der Waals surface area contributed by atoms with Gasteiger partial charge in [0.1, 0.15) is 11.5 Å². The number of benzene rings is 1. The second-order valence-electron chi connectivity index (χ2n) is 7.91. The lowest BCUT2D eigenvalue weighted by Crippen LogP contribution is -2.42. The van der Waals surface area contributed by atoms with Gasteiger partial charge in [0.2, 0.25) is 0 Å². The molecule has 1 aromatic carbocycles. The van der Waals surface area contributed by atoms with Crippen LogP contribution in [0.2, 0.25) is 0 Å². The number of hydrogen-bond donors (Lipinski definition) is 0. The van der Waals surface area contributed by atoms with Crippen LogP contribution in [0.1, 0.15) is 48.4 Å². The van der Waals surface area contributed by atoms with Crippen molar-refractivity contribution in [1.82, 2.24) is 29.4 Å². The van der Waals surface area contributed by atoms with Gasteiger partial charge in [0, 0.05) is 19.2 Å². The summed E-state index contributed by atoms with van der Waals surface area (Å²) in [5.41, 5.74) is 2.40. The van der Waals surface area contributed by atoms with Gasteiger partial charge in [-0.3, -0.25) is 9.48 Å². The summed E-state index contributed by atoms with van der Waals surface area (Å²) in [6.07, 6.45) is 0.982. The Morgan fingerprint density at radius 3 is 2.68 bits per heavy atom. The molecular formula is C21H26N6O. The van der Waals surface area contributed by atoms with Crippen molar-refractivity contribution < 1.29 is 4.79 Å². The van der Waals surface area contributed by atoms with Crippen molar-refractivity contribution in [3.05, 3.63) is 53.7 Å². The highest BCUT2D eigenvalue weighted by atomic mass is 16.2. The van der Waals surface area contributed by atoms with Crippen molar-refractivity contribution in [2.24, 2.45) is 13.0 Å². The molecule has 4 rings (SSSR count). The van der Waals surface area contributed by atoms with Gasteiger partial charge in [-0.05, 0) is 25.3 Å². The Kier molecular flexibility index (Phi) is 4.75. The minimum Gasteiger partial charge on any atom is -0.328 e. The third-order valence-electron chi connectivity index (χ3n) is 5.26. The number of carbonyl (C=O) groups excluding carboxylic acids is 1. The van der Waals surface area contributed by atoms with Crippen LogP contribution in [0.15, 0.2) is 36.4 Å². The fourth-order valence-electron chi connectivity index (χ4n) is 4.03. The van der Waals surface area contributed by atoms with E-state index in [4.69, 9.17) is 0 Å². The van der Waals surface area contributed by atoms with Crippen molar-refractivity contribution in [3.63, 3.8) is 0 Å². The smallest absolute Gasteiger partial charge is 0.272 e. The highest BCUT2D eigenvalue weighted by molar-refractivity contribution is 5.93. The number of fused-ring (bicyclic) bond motifs is 1. The van der Waals surface area contributed by atoms with Crippen molar-refractivity contribution in [2.75, 3.05) is 6.54 Å². The lowest BCUT2D eigenvalue weighted by molar-refractivity contribution is 0.0649. The number of aromatic nitrogens is 5. The summed E-state index contributed by atoms with van der Waals surface area (Å²) >= 11 is 0. The molecule has 0 aliphatic carbocycles. The van der Waals surface area contributed by atoms with E-state index in [-0.39, 0.29) is 11.9 Å². The van der Waals surface area contributed by atoms with Gasteiger partial charge in [-0.15, -0.1) is 10.2 Å². The fourth-order valence-corrected chi connectivity index (χ4v) is 4.03. The van der Waals surface area contributed by atoms with Crippen LogP contribution in [0.3, 0.4) is 0 Å². The highest BCUT2D eigenvalue weighted by Crippen LogP contribution is 2.28. The van der Waals surface area contributed by atoms with Crippen molar-refractivity contribution in [2.45, 2.75) is 39.8 Å². The summed E-state index contributed by atoms with van der Waals surface area (Å²) in [7, 11) is 1.82. The summed E-state index contributed by atoms with van der Waals surface area (Å²) < 4.78 is 3.87. The van der Waals surface area contributed by atoms with Crippen LogP contribution in [0, 0.1) is 12.8 Å². The number of rotatable bonds is 4. The van der Waals surface area contributed by atoms with Crippen molar-refractivity contribution in [3.8, 4) is 11.3 Å². The molecule has 28 heavy (non-hydrogen) atoms. The normalized spacial score (nSPS) is 16.5. The summed E-state index contributed by atoms with van der Waals surface area (Å²) in [4.78, 5) is 15.2. The third kappa shape index (κ3) is 3.32. The standard InChI is InChI=1S/C21H26N6O/c1-14(2)10-17-12-26(13-20-23-22-15(3)27(17)20)21(28)19-11-18(24-25(19)4)16-8-6-5-7-9-16/h5-9,11,14,17H,10,12-13H2,1-4H3/t17-/m0/s1.